The summed E-state index contributed by atoms with van der Waals surface area (Å²) in [4.78, 5) is 11.5. The molecule has 0 amide bonds. The van der Waals surface area contributed by atoms with Crippen LogP contribution in [0.4, 0.5) is 5.69 Å². The number of nitrogens with two attached hydrogens (primary N) is 1. The summed E-state index contributed by atoms with van der Waals surface area (Å²) in [5.74, 6) is 1.05. The maximum atomic E-state index is 11.5. The fourth-order valence-corrected chi connectivity index (χ4v) is 1.73. The van der Waals surface area contributed by atoms with Gasteiger partial charge >= 0.3 is 0 Å². The average molecular weight is 252 g/mol. The van der Waals surface area contributed by atoms with Gasteiger partial charge in [0.2, 0.25) is 0 Å². The fraction of sp³-hybridized carbons (Fsp3) is 0.273. The van der Waals surface area contributed by atoms with Crippen LogP contribution in [0.3, 0.4) is 0 Å². The van der Waals surface area contributed by atoms with E-state index in [0.29, 0.717) is 36.0 Å². The first-order valence-corrected chi connectivity index (χ1v) is 5.50. The van der Waals surface area contributed by atoms with Gasteiger partial charge in [-0.25, -0.2) is 0 Å². The number of hydrogen-bond donors (Lipinski definition) is 2. The van der Waals surface area contributed by atoms with Crippen LogP contribution in [0, 0.1) is 0 Å². The van der Waals surface area contributed by atoms with Crippen molar-refractivity contribution < 1.29 is 14.3 Å². The van der Waals surface area contributed by atoms with Gasteiger partial charge < -0.3 is 20.5 Å². The first-order valence-electron chi connectivity index (χ1n) is 5.09. The van der Waals surface area contributed by atoms with Gasteiger partial charge in [-0.3, -0.25) is 4.79 Å². The molecule has 0 bridgehead atoms. The van der Waals surface area contributed by atoms with E-state index in [2.05, 4.69) is 5.32 Å². The summed E-state index contributed by atoms with van der Waals surface area (Å²) in [6.45, 7) is 2.43. The van der Waals surface area contributed by atoms with Gasteiger partial charge in [0.1, 0.15) is 13.2 Å². The standard InChI is InChI=1S/C11H12N2O3S/c1-6(14)7-4-9-10(16-3-2-15-9)5-8(7)13-11(12)17/h4-5H,2-3H2,1H3,(H3,12,13,17). The molecule has 0 aliphatic carbocycles. The Morgan fingerprint density at radius 1 is 1.35 bits per heavy atom. The van der Waals surface area contributed by atoms with Crippen molar-refractivity contribution in [1.82, 2.24) is 0 Å². The van der Waals surface area contributed by atoms with E-state index in [1.165, 1.54) is 6.92 Å². The van der Waals surface area contributed by atoms with Crippen LogP contribution in [0.15, 0.2) is 12.1 Å². The van der Waals surface area contributed by atoms with Crippen molar-refractivity contribution in [2.75, 3.05) is 18.5 Å². The number of nitrogens with one attached hydrogen (secondary N) is 1. The first kappa shape index (κ1) is 11.7. The van der Waals surface area contributed by atoms with Gasteiger partial charge in [0.25, 0.3) is 0 Å². The van der Waals surface area contributed by atoms with Gasteiger partial charge in [-0.15, -0.1) is 0 Å². The summed E-state index contributed by atoms with van der Waals surface area (Å²) < 4.78 is 10.8. The normalized spacial score (nSPS) is 13.0. The third-order valence-corrected chi connectivity index (χ3v) is 2.42. The second-order valence-corrected chi connectivity index (χ2v) is 4.03. The van der Waals surface area contributed by atoms with E-state index in [9.17, 15) is 4.79 Å². The number of Topliss-reactive ketones (excluding diaryl/α,β-unsaturated/α-hetero) is 1. The van der Waals surface area contributed by atoms with Crippen LogP contribution in [0.2, 0.25) is 0 Å². The number of benzene rings is 1. The average Bonchev–Trinajstić information content (AvgIpc) is 2.27. The number of ketones is 1. The highest BCUT2D eigenvalue weighted by atomic mass is 32.1. The van der Waals surface area contributed by atoms with Crippen molar-refractivity contribution in [1.29, 1.82) is 0 Å². The van der Waals surface area contributed by atoms with E-state index in [0.717, 1.165) is 0 Å². The van der Waals surface area contributed by atoms with Crippen molar-refractivity contribution in [2.45, 2.75) is 6.92 Å². The Hall–Kier alpha value is -1.82. The molecule has 0 aromatic heterocycles. The predicted molar refractivity (Wildman–Crippen MR) is 67.8 cm³/mol. The minimum Gasteiger partial charge on any atom is -0.486 e. The van der Waals surface area contributed by atoms with Crippen molar-refractivity contribution in [2.24, 2.45) is 5.73 Å². The summed E-state index contributed by atoms with van der Waals surface area (Å²) in [7, 11) is 0. The van der Waals surface area contributed by atoms with E-state index in [-0.39, 0.29) is 10.9 Å². The monoisotopic (exact) mass is 252 g/mol. The molecule has 0 radical (unpaired) electrons. The Bertz CT molecular complexity index is 488. The molecule has 17 heavy (non-hydrogen) atoms. The molecule has 0 unspecified atom stereocenters. The number of fused-ring (bicyclic) bond motifs is 1. The van der Waals surface area contributed by atoms with Crippen LogP contribution in [-0.4, -0.2) is 24.1 Å². The molecule has 1 heterocycles. The Balaban J connectivity index is 2.47. The second-order valence-electron chi connectivity index (χ2n) is 3.59. The third-order valence-electron chi connectivity index (χ3n) is 2.32. The number of carbonyl (C=O) groups excluding carboxylic acids is 1. The maximum absolute atomic E-state index is 11.5. The summed E-state index contributed by atoms with van der Waals surface area (Å²) >= 11 is 4.76. The van der Waals surface area contributed by atoms with Crippen LogP contribution >= 0.6 is 12.2 Å². The molecule has 1 aromatic rings. The lowest BCUT2D eigenvalue weighted by molar-refractivity contribution is 0.101. The minimum absolute atomic E-state index is 0.0966. The van der Waals surface area contributed by atoms with E-state index in [1.54, 1.807) is 12.1 Å². The van der Waals surface area contributed by atoms with Crippen molar-refractivity contribution >= 4 is 28.8 Å². The van der Waals surface area contributed by atoms with Gasteiger partial charge in [-0.05, 0) is 25.2 Å². The van der Waals surface area contributed by atoms with Crippen molar-refractivity contribution in [3.8, 4) is 11.5 Å². The Labute approximate surface area is 104 Å². The van der Waals surface area contributed by atoms with Crippen LogP contribution in [-0.2, 0) is 0 Å². The molecule has 0 saturated carbocycles. The molecule has 0 spiro atoms. The quantitative estimate of drug-likeness (QED) is 0.611. The molecule has 1 aliphatic heterocycles. The molecular weight excluding hydrogens is 240 g/mol. The van der Waals surface area contributed by atoms with Crippen molar-refractivity contribution in [3.05, 3.63) is 17.7 Å². The van der Waals surface area contributed by atoms with Gasteiger partial charge in [0, 0.05) is 11.6 Å². The number of ether oxygens (including phenoxy) is 2. The van der Waals surface area contributed by atoms with Crippen LogP contribution in [0.1, 0.15) is 17.3 Å². The highest BCUT2D eigenvalue weighted by Gasteiger charge is 2.18. The van der Waals surface area contributed by atoms with E-state index < -0.39 is 0 Å². The second kappa shape index (κ2) is 4.58. The lowest BCUT2D eigenvalue weighted by atomic mass is 10.1. The fourth-order valence-electron chi connectivity index (χ4n) is 1.62. The van der Waals surface area contributed by atoms with E-state index in [1.807, 2.05) is 0 Å². The van der Waals surface area contributed by atoms with Gasteiger partial charge in [-0.1, -0.05) is 0 Å². The third kappa shape index (κ3) is 2.47. The maximum Gasteiger partial charge on any atom is 0.168 e. The zero-order chi connectivity index (χ0) is 12.4. The number of rotatable bonds is 2. The SMILES string of the molecule is CC(=O)c1cc2c(cc1NC(N)=S)OCCO2. The molecule has 2 rings (SSSR count). The summed E-state index contributed by atoms with van der Waals surface area (Å²) in [5.41, 5.74) is 6.42. The molecular formula is C11H12N2O3S. The zero-order valence-corrected chi connectivity index (χ0v) is 10.1. The largest absolute Gasteiger partial charge is 0.486 e. The Kier molecular flexibility index (Phi) is 3.14. The lowest BCUT2D eigenvalue weighted by Crippen LogP contribution is -2.21. The number of hydrogen-bond acceptors (Lipinski definition) is 4. The highest BCUT2D eigenvalue weighted by Crippen LogP contribution is 2.35. The number of anilines is 1. The molecule has 1 aromatic carbocycles. The summed E-state index contributed by atoms with van der Waals surface area (Å²) in [6, 6.07) is 3.31. The summed E-state index contributed by atoms with van der Waals surface area (Å²) in [6.07, 6.45) is 0. The van der Waals surface area contributed by atoms with Crippen LogP contribution in [0.25, 0.3) is 0 Å². The zero-order valence-electron chi connectivity index (χ0n) is 9.28. The van der Waals surface area contributed by atoms with E-state index in [4.69, 9.17) is 27.4 Å². The van der Waals surface area contributed by atoms with E-state index >= 15 is 0 Å². The predicted octanol–water partition coefficient (Wildman–Crippen LogP) is 1.32. The van der Waals surface area contributed by atoms with Crippen LogP contribution < -0.4 is 20.5 Å². The number of thiocarbonyl (C=S) groups is 1. The van der Waals surface area contributed by atoms with Gasteiger partial charge in [0.05, 0.1) is 5.69 Å². The Morgan fingerprint density at radius 3 is 2.47 bits per heavy atom. The topological polar surface area (TPSA) is 73.6 Å². The molecule has 0 fully saturated rings. The smallest absolute Gasteiger partial charge is 0.168 e. The van der Waals surface area contributed by atoms with Gasteiger partial charge in [0.15, 0.2) is 22.4 Å². The first-order chi connectivity index (χ1) is 8.08. The minimum atomic E-state index is -0.0966. The van der Waals surface area contributed by atoms with Gasteiger partial charge in [-0.2, -0.15) is 0 Å². The Morgan fingerprint density at radius 2 is 1.94 bits per heavy atom. The molecule has 3 N–H and O–H groups in total. The molecule has 1 aliphatic rings. The molecule has 5 nitrogen and oxygen atoms in total. The molecule has 0 saturated heterocycles. The number of carbonyl (C=O) groups is 1. The molecule has 6 heteroatoms. The molecule has 90 valence electrons. The van der Waals surface area contributed by atoms with Crippen molar-refractivity contribution in [3.63, 3.8) is 0 Å². The lowest BCUT2D eigenvalue weighted by Gasteiger charge is -2.20. The van der Waals surface area contributed by atoms with Crippen LogP contribution in [0.5, 0.6) is 11.5 Å². The summed E-state index contributed by atoms with van der Waals surface area (Å²) in [5, 5.41) is 2.86. The highest BCUT2D eigenvalue weighted by molar-refractivity contribution is 7.80. The molecule has 0 atom stereocenters.